The molecule has 1 aromatic carbocycles. The van der Waals surface area contributed by atoms with Crippen LogP contribution in [0, 0.1) is 6.92 Å². The summed E-state index contributed by atoms with van der Waals surface area (Å²) in [6.07, 6.45) is 5.81. The first-order chi connectivity index (χ1) is 11.6. The lowest BCUT2D eigenvalue weighted by Gasteiger charge is -2.11. The summed E-state index contributed by atoms with van der Waals surface area (Å²) in [4.78, 5) is 15.5. The van der Waals surface area contributed by atoms with Crippen LogP contribution in [-0.2, 0) is 19.4 Å². The first-order valence-corrected chi connectivity index (χ1v) is 8.11. The van der Waals surface area contributed by atoms with Crippen LogP contribution in [-0.4, -0.2) is 26.5 Å². The second-order valence-electron chi connectivity index (χ2n) is 6.46. The van der Waals surface area contributed by atoms with Gasteiger partial charge in [0.25, 0.3) is 0 Å². The minimum absolute atomic E-state index is 0.333. The van der Waals surface area contributed by atoms with Crippen molar-refractivity contribution in [2.24, 2.45) is 0 Å². The summed E-state index contributed by atoms with van der Waals surface area (Å²) in [6, 6.07) is 9.86. The molecule has 1 aliphatic rings. The molecule has 0 amide bonds. The van der Waals surface area contributed by atoms with Gasteiger partial charge in [-0.1, -0.05) is 12.1 Å². The fourth-order valence-corrected chi connectivity index (χ4v) is 3.41. The number of carboxylic acids is 1. The van der Waals surface area contributed by atoms with Crippen molar-refractivity contribution in [1.82, 2.24) is 14.7 Å². The number of aromatic carboxylic acids is 1. The number of rotatable bonds is 4. The molecule has 1 atom stereocenters. The van der Waals surface area contributed by atoms with Crippen molar-refractivity contribution in [2.45, 2.75) is 32.4 Å². The fraction of sp³-hybridized carbons (Fsp3) is 0.263. The van der Waals surface area contributed by atoms with Gasteiger partial charge < -0.3 is 14.8 Å². The normalized spacial score (nSPS) is 16.5. The van der Waals surface area contributed by atoms with E-state index in [0.29, 0.717) is 11.6 Å². The number of imidazole rings is 1. The van der Waals surface area contributed by atoms with E-state index in [1.54, 1.807) is 12.1 Å². The van der Waals surface area contributed by atoms with Gasteiger partial charge >= 0.3 is 5.97 Å². The third kappa shape index (κ3) is 2.67. The number of nitrogens with zero attached hydrogens (tertiary/aromatic N) is 2. The van der Waals surface area contributed by atoms with Crippen LogP contribution >= 0.6 is 0 Å². The molecular weight excluding hydrogens is 302 g/mol. The summed E-state index contributed by atoms with van der Waals surface area (Å²) >= 11 is 0. The zero-order chi connectivity index (χ0) is 16.7. The Labute approximate surface area is 140 Å². The molecule has 0 saturated carbocycles. The molecule has 0 radical (unpaired) electrons. The summed E-state index contributed by atoms with van der Waals surface area (Å²) in [7, 11) is 0. The number of aryl methyl sites for hydroxylation is 1. The summed E-state index contributed by atoms with van der Waals surface area (Å²) in [5, 5.41) is 12.7. The van der Waals surface area contributed by atoms with E-state index >= 15 is 0 Å². The zero-order valence-electron chi connectivity index (χ0n) is 13.5. The number of aromatic nitrogens is 2. The fourth-order valence-electron chi connectivity index (χ4n) is 3.41. The van der Waals surface area contributed by atoms with Crippen molar-refractivity contribution >= 4 is 11.6 Å². The van der Waals surface area contributed by atoms with Crippen LogP contribution in [0.3, 0.4) is 0 Å². The van der Waals surface area contributed by atoms with Crippen molar-refractivity contribution < 1.29 is 9.90 Å². The molecule has 1 aliphatic carbocycles. The molecule has 1 unspecified atom stereocenters. The first kappa shape index (κ1) is 14.9. The van der Waals surface area contributed by atoms with Gasteiger partial charge in [0.2, 0.25) is 0 Å². The van der Waals surface area contributed by atoms with Crippen molar-refractivity contribution in [2.75, 3.05) is 0 Å². The quantitative estimate of drug-likeness (QED) is 0.775. The summed E-state index contributed by atoms with van der Waals surface area (Å²) in [5.41, 5.74) is 6.05. The van der Waals surface area contributed by atoms with E-state index < -0.39 is 5.97 Å². The molecular formula is C19H19N3O2. The van der Waals surface area contributed by atoms with Crippen LogP contribution in [0.4, 0.5) is 0 Å². The first-order valence-electron chi connectivity index (χ1n) is 8.11. The second-order valence-corrected chi connectivity index (χ2v) is 6.46. The Morgan fingerprint density at radius 2 is 2.12 bits per heavy atom. The van der Waals surface area contributed by atoms with E-state index in [-0.39, 0.29) is 0 Å². The third-order valence-corrected chi connectivity index (χ3v) is 4.69. The van der Waals surface area contributed by atoms with Gasteiger partial charge in [-0.15, -0.1) is 0 Å². The SMILES string of the molecule is Cc1ccc2ncc(CNC3Cc4ccc(C(=O)O)cc4C3)n2c1. The Morgan fingerprint density at radius 3 is 2.96 bits per heavy atom. The minimum atomic E-state index is -0.865. The van der Waals surface area contributed by atoms with Crippen molar-refractivity contribution in [3.63, 3.8) is 0 Å². The van der Waals surface area contributed by atoms with Gasteiger partial charge in [0.15, 0.2) is 0 Å². The largest absolute Gasteiger partial charge is 0.478 e. The summed E-state index contributed by atoms with van der Waals surface area (Å²) in [5.74, 6) is -0.865. The lowest BCUT2D eigenvalue weighted by molar-refractivity contribution is 0.0697. The highest BCUT2D eigenvalue weighted by molar-refractivity contribution is 5.88. The number of carbonyl (C=O) groups is 1. The van der Waals surface area contributed by atoms with Crippen LogP contribution in [0.15, 0.2) is 42.7 Å². The molecule has 122 valence electrons. The van der Waals surface area contributed by atoms with Crippen LogP contribution < -0.4 is 5.32 Å². The van der Waals surface area contributed by atoms with E-state index in [0.717, 1.165) is 36.3 Å². The van der Waals surface area contributed by atoms with Gasteiger partial charge in [0.05, 0.1) is 17.5 Å². The Balaban J connectivity index is 1.47. The summed E-state index contributed by atoms with van der Waals surface area (Å²) < 4.78 is 2.12. The molecule has 0 aliphatic heterocycles. The number of hydrogen-bond acceptors (Lipinski definition) is 3. The number of fused-ring (bicyclic) bond motifs is 2. The van der Waals surface area contributed by atoms with Crippen LogP contribution in [0.2, 0.25) is 0 Å². The molecule has 0 fully saturated rings. The average Bonchev–Trinajstić information content (AvgIpc) is 3.14. The molecule has 0 bridgehead atoms. The van der Waals surface area contributed by atoms with Crippen molar-refractivity contribution in [3.05, 3.63) is 70.7 Å². The zero-order valence-corrected chi connectivity index (χ0v) is 13.5. The van der Waals surface area contributed by atoms with Gasteiger partial charge in [0, 0.05) is 18.8 Å². The number of carboxylic acid groups (broad SMARTS) is 1. The Bertz CT molecular complexity index is 930. The van der Waals surface area contributed by atoms with Crippen molar-refractivity contribution in [1.29, 1.82) is 0 Å². The van der Waals surface area contributed by atoms with E-state index in [1.165, 1.54) is 11.1 Å². The highest BCUT2D eigenvalue weighted by Gasteiger charge is 2.22. The smallest absolute Gasteiger partial charge is 0.335 e. The molecule has 2 heterocycles. The topological polar surface area (TPSA) is 66.6 Å². The predicted octanol–water partition coefficient (Wildman–Crippen LogP) is 2.60. The maximum Gasteiger partial charge on any atom is 0.335 e. The van der Waals surface area contributed by atoms with E-state index in [4.69, 9.17) is 5.11 Å². The molecule has 24 heavy (non-hydrogen) atoms. The van der Waals surface area contributed by atoms with Gasteiger partial charge in [-0.05, 0) is 54.7 Å². The summed E-state index contributed by atoms with van der Waals surface area (Å²) in [6.45, 7) is 2.82. The van der Waals surface area contributed by atoms with E-state index in [2.05, 4.69) is 33.9 Å². The lowest BCUT2D eigenvalue weighted by atomic mass is 10.1. The van der Waals surface area contributed by atoms with Crippen LogP contribution in [0.25, 0.3) is 5.65 Å². The van der Waals surface area contributed by atoms with Crippen LogP contribution in [0.5, 0.6) is 0 Å². The third-order valence-electron chi connectivity index (χ3n) is 4.69. The second kappa shape index (κ2) is 5.76. The van der Waals surface area contributed by atoms with Crippen LogP contribution in [0.1, 0.15) is 32.7 Å². The molecule has 5 heteroatoms. The Morgan fingerprint density at radius 1 is 1.29 bits per heavy atom. The lowest BCUT2D eigenvalue weighted by Crippen LogP contribution is -2.29. The molecule has 0 spiro atoms. The van der Waals surface area contributed by atoms with E-state index in [9.17, 15) is 4.79 Å². The Kier molecular flexibility index (Phi) is 3.58. The number of benzene rings is 1. The molecule has 5 nitrogen and oxygen atoms in total. The predicted molar refractivity (Wildman–Crippen MR) is 91.4 cm³/mol. The monoisotopic (exact) mass is 321 g/mol. The van der Waals surface area contributed by atoms with Gasteiger partial charge in [0.1, 0.15) is 5.65 Å². The van der Waals surface area contributed by atoms with Crippen molar-refractivity contribution in [3.8, 4) is 0 Å². The number of nitrogens with one attached hydrogen (secondary N) is 1. The Hall–Kier alpha value is -2.66. The minimum Gasteiger partial charge on any atom is -0.478 e. The molecule has 2 N–H and O–H groups in total. The van der Waals surface area contributed by atoms with Gasteiger partial charge in [-0.2, -0.15) is 0 Å². The van der Waals surface area contributed by atoms with E-state index in [1.807, 2.05) is 18.3 Å². The molecule has 2 aromatic heterocycles. The molecule has 3 aromatic rings. The molecule has 4 rings (SSSR count). The standard InChI is InChI=1S/C19H19N3O2/c1-12-2-5-18-21-10-17(22(18)11-12)9-20-16-7-13-3-4-14(19(23)24)6-15(13)8-16/h2-6,10-11,16,20H,7-9H2,1H3,(H,23,24). The number of pyridine rings is 1. The van der Waals surface area contributed by atoms with Gasteiger partial charge in [-0.3, -0.25) is 0 Å². The average molecular weight is 321 g/mol. The highest BCUT2D eigenvalue weighted by Crippen LogP contribution is 2.24. The maximum absolute atomic E-state index is 11.1. The maximum atomic E-state index is 11.1. The molecule has 0 saturated heterocycles. The highest BCUT2D eigenvalue weighted by atomic mass is 16.4. The number of hydrogen-bond donors (Lipinski definition) is 2. The van der Waals surface area contributed by atoms with Gasteiger partial charge in [-0.25, -0.2) is 9.78 Å².